The van der Waals surface area contributed by atoms with Gasteiger partial charge in [-0.2, -0.15) is 5.10 Å². The smallest absolute Gasteiger partial charge is 0.266 e. The summed E-state index contributed by atoms with van der Waals surface area (Å²) < 4.78 is 1.35. The number of hydrogen-bond donors (Lipinski definition) is 0. The van der Waals surface area contributed by atoms with E-state index in [1.54, 1.807) is 19.3 Å². The molecule has 2 heterocycles. The summed E-state index contributed by atoms with van der Waals surface area (Å²) in [5.41, 5.74) is 3.75. The summed E-state index contributed by atoms with van der Waals surface area (Å²) >= 11 is 0. The summed E-state index contributed by atoms with van der Waals surface area (Å²) in [4.78, 5) is 15.8. The molecule has 0 fully saturated rings. The van der Waals surface area contributed by atoms with Crippen LogP contribution >= 0.6 is 0 Å². The molecule has 0 saturated carbocycles. The van der Waals surface area contributed by atoms with Crippen LogP contribution in [0, 0.1) is 6.92 Å². The Morgan fingerprint density at radius 3 is 2.74 bits per heavy atom. The van der Waals surface area contributed by atoms with Gasteiger partial charge in [0.2, 0.25) is 0 Å². The molecule has 2 aromatic heterocycles. The van der Waals surface area contributed by atoms with Gasteiger partial charge < -0.3 is 0 Å². The van der Waals surface area contributed by atoms with Gasteiger partial charge in [0, 0.05) is 30.3 Å². The lowest BCUT2D eigenvalue weighted by molar-refractivity contribution is 0.712. The van der Waals surface area contributed by atoms with Crippen molar-refractivity contribution in [2.75, 3.05) is 0 Å². The average molecular weight is 251 g/mol. The molecule has 4 heteroatoms. The summed E-state index contributed by atoms with van der Waals surface area (Å²) in [5.74, 6) is 0. The van der Waals surface area contributed by atoms with Crippen molar-refractivity contribution in [2.45, 2.75) is 6.92 Å². The lowest BCUT2D eigenvalue weighted by atomic mass is 10.00. The Morgan fingerprint density at radius 1 is 1.11 bits per heavy atom. The Bertz CT molecular complexity index is 821. The molecule has 0 bridgehead atoms. The Balaban J connectivity index is 2.38. The number of fused-ring (bicyclic) bond motifs is 1. The van der Waals surface area contributed by atoms with Crippen molar-refractivity contribution in [1.82, 2.24) is 14.8 Å². The molecule has 94 valence electrons. The van der Waals surface area contributed by atoms with Gasteiger partial charge in [-0.25, -0.2) is 4.68 Å². The molecule has 0 atom stereocenters. The SMILES string of the molecule is Cc1ccc2ncccc2c1-c1ccc(=O)n(C)n1. The molecule has 4 nitrogen and oxygen atoms in total. The van der Waals surface area contributed by atoms with Crippen LogP contribution in [0.5, 0.6) is 0 Å². The highest BCUT2D eigenvalue weighted by atomic mass is 16.1. The van der Waals surface area contributed by atoms with Crippen molar-refractivity contribution in [3.05, 3.63) is 58.5 Å². The monoisotopic (exact) mass is 251 g/mol. The Labute approximate surface area is 110 Å². The number of nitrogens with zero attached hydrogens (tertiary/aromatic N) is 3. The molecule has 0 saturated heterocycles. The van der Waals surface area contributed by atoms with Crippen molar-refractivity contribution in [2.24, 2.45) is 7.05 Å². The van der Waals surface area contributed by atoms with Crippen molar-refractivity contribution < 1.29 is 0 Å². The van der Waals surface area contributed by atoms with Gasteiger partial charge in [0.05, 0.1) is 11.2 Å². The minimum Gasteiger partial charge on any atom is -0.268 e. The lowest BCUT2D eigenvalue weighted by Crippen LogP contribution is -2.18. The zero-order chi connectivity index (χ0) is 13.4. The maximum absolute atomic E-state index is 11.4. The quantitative estimate of drug-likeness (QED) is 0.666. The summed E-state index contributed by atoms with van der Waals surface area (Å²) in [7, 11) is 1.66. The summed E-state index contributed by atoms with van der Waals surface area (Å²) in [5, 5.41) is 5.38. The summed E-state index contributed by atoms with van der Waals surface area (Å²) in [6, 6.07) is 11.3. The van der Waals surface area contributed by atoms with Gasteiger partial charge in [0.15, 0.2) is 0 Å². The van der Waals surface area contributed by atoms with E-state index >= 15 is 0 Å². The fourth-order valence-electron chi connectivity index (χ4n) is 2.24. The second kappa shape index (κ2) is 4.31. The number of aryl methyl sites for hydroxylation is 2. The molecular weight excluding hydrogens is 238 g/mol. The van der Waals surface area contributed by atoms with E-state index in [-0.39, 0.29) is 5.56 Å². The zero-order valence-corrected chi connectivity index (χ0v) is 10.8. The summed E-state index contributed by atoms with van der Waals surface area (Å²) in [6.45, 7) is 2.04. The van der Waals surface area contributed by atoms with E-state index in [1.165, 1.54) is 10.7 Å². The van der Waals surface area contributed by atoms with Crippen LogP contribution < -0.4 is 5.56 Å². The minimum atomic E-state index is -0.111. The minimum absolute atomic E-state index is 0.111. The van der Waals surface area contributed by atoms with Gasteiger partial charge in [0.1, 0.15) is 0 Å². The third-order valence-electron chi connectivity index (χ3n) is 3.21. The van der Waals surface area contributed by atoms with Crippen LogP contribution in [-0.4, -0.2) is 14.8 Å². The summed E-state index contributed by atoms with van der Waals surface area (Å²) in [6.07, 6.45) is 1.77. The van der Waals surface area contributed by atoms with Gasteiger partial charge in [-0.15, -0.1) is 0 Å². The number of aromatic nitrogens is 3. The molecule has 19 heavy (non-hydrogen) atoms. The molecular formula is C15H13N3O. The van der Waals surface area contributed by atoms with Crippen LogP contribution in [0.1, 0.15) is 5.56 Å². The fourth-order valence-corrected chi connectivity index (χ4v) is 2.24. The number of hydrogen-bond acceptors (Lipinski definition) is 3. The lowest BCUT2D eigenvalue weighted by Gasteiger charge is -2.09. The standard InChI is InChI=1S/C15H13N3O/c1-10-5-6-12-11(4-3-9-16-12)15(10)13-7-8-14(19)18(2)17-13/h3-9H,1-2H3. The molecule has 0 aliphatic carbocycles. The van der Waals surface area contributed by atoms with Crippen LogP contribution in [0.4, 0.5) is 0 Å². The molecule has 0 amide bonds. The first-order valence-corrected chi connectivity index (χ1v) is 6.06. The third-order valence-corrected chi connectivity index (χ3v) is 3.21. The second-order valence-corrected chi connectivity index (χ2v) is 4.51. The maximum atomic E-state index is 11.4. The highest BCUT2D eigenvalue weighted by Crippen LogP contribution is 2.28. The molecule has 3 rings (SSSR count). The molecule has 1 aromatic carbocycles. The van der Waals surface area contributed by atoms with E-state index in [1.807, 2.05) is 31.2 Å². The van der Waals surface area contributed by atoms with E-state index in [0.717, 1.165) is 27.7 Å². The van der Waals surface area contributed by atoms with E-state index in [4.69, 9.17) is 0 Å². The van der Waals surface area contributed by atoms with E-state index in [0.29, 0.717) is 0 Å². The first-order valence-electron chi connectivity index (χ1n) is 6.06. The van der Waals surface area contributed by atoms with Crippen LogP contribution in [0.25, 0.3) is 22.2 Å². The predicted molar refractivity (Wildman–Crippen MR) is 75.0 cm³/mol. The number of benzene rings is 1. The molecule has 3 aromatic rings. The third kappa shape index (κ3) is 1.91. The predicted octanol–water partition coefficient (Wildman–Crippen LogP) is 2.30. The maximum Gasteiger partial charge on any atom is 0.266 e. The van der Waals surface area contributed by atoms with Gasteiger partial charge in [-0.1, -0.05) is 12.1 Å². The number of rotatable bonds is 1. The fraction of sp³-hybridized carbons (Fsp3) is 0.133. The van der Waals surface area contributed by atoms with Gasteiger partial charge in [0.25, 0.3) is 5.56 Å². The molecule has 0 N–H and O–H groups in total. The van der Waals surface area contributed by atoms with Gasteiger partial charge >= 0.3 is 0 Å². The Kier molecular flexibility index (Phi) is 2.63. The first-order chi connectivity index (χ1) is 9.16. The highest BCUT2D eigenvalue weighted by Gasteiger charge is 2.09. The topological polar surface area (TPSA) is 47.8 Å². The van der Waals surface area contributed by atoms with Crippen LogP contribution in [0.15, 0.2) is 47.4 Å². The van der Waals surface area contributed by atoms with Crippen molar-refractivity contribution in [3.63, 3.8) is 0 Å². The highest BCUT2D eigenvalue weighted by molar-refractivity contribution is 5.95. The van der Waals surface area contributed by atoms with E-state index in [2.05, 4.69) is 10.1 Å². The Morgan fingerprint density at radius 2 is 1.95 bits per heavy atom. The molecule has 0 aliphatic rings. The van der Waals surface area contributed by atoms with E-state index < -0.39 is 0 Å². The van der Waals surface area contributed by atoms with Gasteiger partial charge in [-0.05, 0) is 30.7 Å². The van der Waals surface area contributed by atoms with Crippen LogP contribution in [0.3, 0.4) is 0 Å². The first kappa shape index (κ1) is 11.6. The largest absolute Gasteiger partial charge is 0.268 e. The molecule has 0 unspecified atom stereocenters. The van der Waals surface area contributed by atoms with Crippen molar-refractivity contribution in [1.29, 1.82) is 0 Å². The van der Waals surface area contributed by atoms with Crippen molar-refractivity contribution in [3.8, 4) is 11.3 Å². The van der Waals surface area contributed by atoms with E-state index in [9.17, 15) is 4.79 Å². The van der Waals surface area contributed by atoms with Crippen LogP contribution in [-0.2, 0) is 7.05 Å². The molecule has 0 radical (unpaired) electrons. The average Bonchev–Trinajstić information content (AvgIpc) is 2.42. The van der Waals surface area contributed by atoms with Crippen LogP contribution in [0.2, 0.25) is 0 Å². The second-order valence-electron chi connectivity index (χ2n) is 4.51. The Hall–Kier alpha value is -2.49. The zero-order valence-electron chi connectivity index (χ0n) is 10.8. The normalized spacial score (nSPS) is 10.8. The van der Waals surface area contributed by atoms with Crippen molar-refractivity contribution >= 4 is 10.9 Å². The molecule has 0 aliphatic heterocycles. The molecule has 0 spiro atoms. The number of pyridine rings is 1. The van der Waals surface area contributed by atoms with Gasteiger partial charge in [-0.3, -0.25) is 9.78 Å².